The van der Waals surface area contributed by atoms with Crippen molar-refractivity contribution in [1.82, 2.24) is 0 Å². The Kier molecular flexibility index (Phi) is 41.9. The lowest BCUT2D eigenvalue weighted by Gasteiger charge is -2.18. The van der Waals surface area contributed by atoms with Crippen LogP contribution in [-0.2, 0) is 28.2 Å². The van der Waals surface area contributed by atoms with Crippen molar-refractivity contribution in [2.75, 3.05) is 13.2 Å². The monoisotopic (exact) mass is 803 g/mol. The van der Waals surface area contributed by atoms with Gasteiger partial charge in [0.05, 0.1) is 6.61 Å². The molecule has 55 heavy (non-hydrogen) atoms. The fourth-order valence-electron chi connectivity index (χ4n) is 7.32. The Morgan fingerprint density at radius 2 is 0.655 bits per heavy atom. The Morgan fingerprint density at radius 1 is 0.400 bits per heavy atom. The van der Waals surface area contributed by atoms with Crippen molar-refractivity contribution >= 4 is 19.8 Å². The SMILES string of the molecule is CCCCCCCCCCCCCCCCCCCCCCC(=O)OC[C@H](COP(=O)(O)O)OC(=O)CCCCCCCCCCCCCCCCCCC. The molecule has 0 aliphatic rings. The highest BCUT2D eigenvalue weighted by molar-refractivity contribution is 7.46. The van der Waals surface area contributed by atoms with E-state index in [1.54, 1.807) is 0 Å². The van der Waals surface area contributed by atoms with Gasteiger partial charge in [-0.3, -0.25) is 14.1 Å². The van der Waals surface area contributed by atoms with Crippen molar-refractivity contribution in [2.45, 2.75) is 270 Å². The maximum Gasteiger partial charge on any atom is 0.469 e. The van der Waals surface area contributed by atoms with Gasteiger partial charge in [0.25, 0.3) is 0 Å². The van der Waals surface area contributed by atoms with Gasteiger partial charge in [0.2, 0.25) is 0 Å². The molecule has 0 aromatic rings. The highest BCUT2D eigenvalue weighted by atomic mass is 31.2. The summed E-state index contributed by atoms with van der Waals surface area (Å²) in [5.74, 6) is -0.863. The van der Waals surface area contributed by atoms with Crippen LogP contribution < -0.4 is 0 Å². The van der Waals surface area contributed by atoms with E-state index in [1.807, 2.05) is 0 Å². The minimum absolute atomic E-state index is 0.221. The zero-order valence-electron chi connectivity index (χ0n) is 36.4. The van der Waals surface area contributed by atoms with Gasteiger partial charge < -0.3 is 19.3 Å². The number of rotatable bonds is 45. The lowest BCUT2D eigenvalue weighted by atomic mass is 10.0. The van der Waals surface area contributed by atoms with Crippen LogP contribution >= 0.6 is 7.82 Å². The van der Waals surface area contributed by atoms with Crippen LogP contribution in [0.5, 0.6) is 0 Å². The van der Waals surface area contributed by atoms with Crippen molar-refractivity contribution in [1.29, 1.82) is 0 Å². The third-order valence-corrected chi connectivity index (χ3v) is 11.4. The Balaban J connectivity index is 3.79. The molecule has 0 aliphatic heterocycles. The summed E-state index contributed by atoms with van der Waals surface area (Å²) in [6, 6.07) is 0. The van der Waals surface area contributed by atoms with Gasteiger partial charge in [0.15, 0.2) is 6.10 Å². The van der Waals surface area contributed by atoms with Gasteiger partial charge in [-0.1, -0.05) is 239 Å². The molecule has 0 aliphatic carbocycles. The molecule has 0 radical (unpaired) electrons. The molecule has 328 valence electrons. The predicted molar refractivity (Wildman–Crippen MR) is 230 cm³/mol. The highest BCUT2D eigenvalue weighted by Gasteiger charge is 2.23. The number of hydrogen-bond acceptors (Lipinski definition) is 6. The molecular weight excluding hydrogens is 711 g/mol. The van der Waals surface area contributed by atoms with Crippen LogP contribution in [-0.4, -0.2) is 41.0 Å². The first-order valence-electron chi connectivity index (χ1n) is 23.8. The summed E-state index contributed by atoms with van der Waals surface area (Å²) < 4.78 is 26.5. The second-order valence-electron chi connectivity index (χ2n) is 16.5. The smallest absolute Gasteiger partial charge is 0.462 e. The fraction of sp³-hybridized carbons (Fsp3) is 0.957. The van der Waals surface area contributed by atoms with Gasteiger partial charge >= 0.3 is 19.8 Å². The molecule has 0 spiro atoms. The number of phosphoric ester groups is 1. The molecule has 0 fully saturated rings. The maximum atomic E-state index is 12.4. The van der Waals surface area contributed by atoms with Gasteiger partial charge in [0.1, 0.15) is 6.61 Å². The van der Waals surface area contributed by atoms with Crippen molar-refractivity contribution in [3.63, 3.8) is 0 Å². The Labute approximate surface area is 340 Å². The molecule has 1 atom stereocenters. The Bertz CT molecular complexity index is 863. The van der Waals surface area contributed by atoms with Crippen molar-refractivity contribution < 1.29 is 37.9 Å². The number of phosphoric acid groups is 1. The molecule has 0 amide bonds. The summed E-state index contributed by atoms with van der Waals surface area (Å²) in [6.45, 7) is 3.74. The van der Waals surface area contributed by atoms with E-state index < -0.39 is 32.5 Å². The van der Waals surface area contributed by atoms with Crippen LogP contribution in [0.4, 0.5) is 0 Å². The molecule has 0 saturated heterocycles. The zero-order valence-corrected chi connectivity index (χ0v) is 37.3. The first-order chi connectivity index (χ1) is 26.8. The van der Waals surface area contributed by atoms with Crippen LogP contribution in [0.1, 0.15) is 264 Å². The fourth-order valence-corrected chi connectivity index (χ4v) is 7.68. The van der Waals surface area contributed by atoms with E-state index in [4.69, 9.17) is 19.3 Å². The second kappa shape index (κ2) is 42.7. The summed E-state index contributed by atoms with van der Waals surface area (Å²) in [6.07, 6.45) is 46.9. The van der Waals surface area contributed by atoms with E-state index in [2.05, 4.69) is 18.4 Å². The highest BCUT2D eigenvalue weighted by Crippen LogP contribution is 2.36. The van der Waals surface area contributed by atoms with Crippen LogP contribution in [0, 0.1) is 0 Å². The standard InChI is InChI=1S/C46H91O8P/c1-3-5-7-9-11-13-15-17-19-21-22-23-25-26-28-30-32-34-36-38-40-45(47)52-42-44(43-53-55(49,50)51)54-46(48)41-39-37-35-33-31-29-27-24-20-18-16-14-12-10-8-6-4-2/h44H,3-43H2,1-2H3,(H2,49,50,51)/t44-/m1/s1. The van der Waals surface area contributed by atoms with Crippen LogP contribution in [0.25, 0.3) is 0 Å². The quantitative estimate of drug-likeness (QED) is 0.0355. The van der Waals surface area contributed by atoms with Crippen LogP contribution in [0.2, 0.25) is 0 Å². The van der Waals surface area contributed by atoms with Crippen molar-refractivity contribution in [3.05, 3.63) is 0 Å². The van der Waals surface area contributed by atoms with Crippen molar-refractivity contribution in [2.24, 2.45) is 0 Å². The number of esters is 2. The molecule has 8 nitrogen and oxygen atoms in total. The van der Waals surface area contributed by atoms with Crippen molar-refractivity contribution in [3.8, 4) is 0 Å². The number of carbonyl (C=O) groups is 2. The Morgan fingerprint density at radius 3 is 0.927 bits per heavy atom. The van der Waals surface area contributed by atoms with E-state index in [-0.39, 0.29) is 19.4 Å². The predicted octanol–water partition coefficient (Wildman–Crippen LogP) is 14.8. The minimum Gasteiger partial charge on any atom is -0.462 e. The van der Waals surface area contributed by atoms with E-state index >= 15 is 0 Å². The largest absolute Gasteiger partial charge is 0.469 e. The number of ether oxygens (including phenoxy) is 2. The molecule has 0 bridgehead atoms. The molecule has 9 heteroatoms. The molecule has 0 heterocycles. The third-order valence-electron chi connectivity index (χ3n) is 10.9. The maximum absolute atomic E-state index is 12.4. The average Bonchev–Trinajstić information content (AvgIpc) is 3.16. The third kappa shape index (κ3) is 45.6. The van der Waals surface area contributed by atoms with E-state index in [9.17, 15) is 14.2 Å². The van der Waals surface area contributed by atoms with Gasteiger partial charge in [-0.15, -0.1) is 0 Å². The number of unbranched alkanes of at least 4 members (excludes halogenated alkanes) is 35. The molecule has 0 aromatic carbocycles. The zero-order chi connectivity index (χ0) is 40.3. The average molecular weight is 803 g/mol. The van der Waals surface area contributed by atoms with E-state index in [0.29, 0.717) is 6.42 Å². The molecular formula is C46H91O8P. The van der Waals surface area contributed by atoms with E-state index in [0.717, 1.165) is 32.1 Å². The summed E-state index contributed by atoms with van der Waals surface area (Å²) >= 11 is 0. The summed E-state index contributed by atoms with van der Waals surface area (Å²) in [5, 5.41) is 0. The van der Waals surface area contributed by atoms with Gasteiger partial charge in [-0.05, 0) is 12.8 Å². The van der Waals surface area contributed by atoms with Gasteiger partial charge in [-0.25, -0.2) is 4.57 Å². The number of carbonyl (C=O) groups excluding carboxylic acids is 2. The molecule has 0 rings (SSSR count). The topological polar surface area (TPSA) is 119 Å². The Hall–Kier alpha value is -0.950. The lowest BCUT2D eigenvalue weighted by molar-refractivity contribution is -0.161. The minimum atomic E-state index is -4.75. The van der Waals surface area contributed by atoms with E-state index in [1.165, 1.54) is 199 Å². The lowest BCUT2D eigenvalue weighted by Crippen LogP contribution is -2.29. The molecule has 0 aromatic heterocycles. The molecule has 0 saturated carbocycles. The van der Waals surface area contributed by atoms with Gasteiger partial charge in [0, 0.05) is 12.8 Å². The first-order valence-corrected chi connectivity index (χ1v) is 25.4. The normalized spacial score (nSPS) is 12.3. The number of hydrogen-bond donors (Lipinski definition) is 2. The molecule has 2 N–H and O–H groups in total. The van der Waals surface area contributed by atoms with Gasteiger partial charge in [-0.2, -0.15) is 0 Å². The summed E-state index contributed by atoms with van der Waals surface area (Å²) in [7, 11) is -4.75. The molecule has 0 unspecified atom stereocenters. The second-order valence-corrected chi connectivity index (χ2v) is 17.7. The summed E-state index contributed by atoms with van der Waals surface area (Å²) in [4.78, 5) is 43.0. The van der Waals surface area contributed by atoms with Crippen LogP contribution in [0.15, 0.2) is 0 Å². The first kappa shape index (κ1) is 54.0. The van der Waals surface area contributed by atoms with Crippen LogP contribution in [0.3, 0.4) is 0 Å². The summed E-state index contributed by atoms with van der Waals surface area (Å²) in [5.41, 5.74) is 0.